The Bertz CT molecular complexity index is 1360. The van der Waals surface area contributed by atoms with Crippen molar-refractivity contribution in [3.8, 4) is 17.0 Å². The first-order valence-corrected chi connectivity index (χ1v) is 11.0. The zero-order valence-corrected chi connectivity index (χ0v) is 20.2. The summed E-state index contributed by atoms with van der Waals surface area (Å²) in [6.07, 6.45) is -7.37. The number of carboxylic acid groups (broad SMARTS) is 1. The number of alkyl halides is 3. The van der Waals surface area contributed by atoms with Gasteiger partial charge in [-0.15, -0.1) is 0 Å². The van der Waals surface area contributed by atoms with Crippen LogP contribution in [0.2, 0.25) is 0 Å². The molecule has 1 unspecified atom stereocenters. The van der Waals surface area contributed by atoms with Crippen LogP contribution in [-0.4, -0.2) is 41.2 Å². The molecular formula is C22H15BrF5N3O7. The maximum atomic E-state index is 14.7. The lowest BCUT2D eigenvalue weighted by atomic mass is 10.1. The SMILES string of the molecule is NC(=O)c1c(F)ccc(OC(COC(=O)NCC(=O)O)c2nc(-c3ccc(C(F)(F)F)cc3)c(Br)o2)c1F. The second kappa shape index (κ2) is 11.5. The summed E-state index contributed by atoms with van der Waals surface area (Å²) in [5.41, 5.74) is 3.14. The summed E-state index contributed by atoms with van der Waals surface area (Å²) >= 11 is 3.06. The molecule has 10 nitrogen and oxygen atoms in total. The summed E-state index contributed by atoms with van der Waals surface area (Å²) in [6.45, 7) is -1.56. The molecule has 0 aliphatic heterocycles. The zero-order chi connectivity index (χ0) is 28.2. The molecule has 3 aromatic rings. The first-order chi connectivity index (χ1) is 17.8. The van der Waals surface area contributed by atoms with Crippen molar-refractivity contribution in [2.24, 2.45) is 5.73 Å². The van der Waals surface area contributed by atoms with Crippen LogP contribution in [0.4, 0.5) is 26.7 Å². The van der Waals surface area contributed by atoms with Gasteiger partial charge >= 0.3 is 18.2 Å². The molecular weight excluding hydrogens is 593 g/mol. The Hall–Kier alpha value is -4.21. The van der Waals surface area contributed by atoms with Gasteiger partial charge in [0.1, 0.15) is 30.2 Å². The fourth-order valence-electron chi connectivity index (χ4n) is 2.96. The highest BCUT2D eigenvalue weighted by Crippen LogP contribution is 2.35. The number of nitrogens with two attached hydrogens (primary N) is 1. The number of rotatable bonds is 9. The number of oxazole rings is 1. The van der Waals surface area contributed by atoms with Crippen molar-refractivity contribution < 1.29 is 55.3 Å². The van der Waals surface area contributed by atoms with E-state index >= 15 is 0 Å². The number of carboxylic acids is 1. The smallest absolute Gasteiger partial charge is 0.416 e. The van der Waals surface area contributed by atoms with Crippen LogP contribution >= 0.6 is 15.9 Å². The minimum atomic E-state index is -4.58. The summed E-state index contributed by atoms with van der Waals surface area (Å²) in [7, 11) is 0. The maximum absolute atomic E-state index is 14.7. The van der Waals surface area contributed by atoms with Crippen LogP contribution in [-0.2, 0) is 15.7 Å². The minimum Gasteiger partial charge on any atom is -0.480 e. The first-order valence-electron chi connectivity index (χ1n) is 10.2. The van der Waals surface area contributed by atoms with Crippen molar-refractivity contribution in [1.29, 1.82) is 0 Å². The number of benzene rings is 2. The zero-order valence-electron chi connectivity index (χ0n) is 18.6. The highest BCUT2D eigenvalue weighted by molar-refractivity contribution is 9.10. The molecule has 2 aromatic carbocycles. The highest BCUT2D eigenvalue weighted by Gasteiger charge is 2.31. The van der Waals surface area contributed by atoms with E-state index < -0.39 is 71.9 Å². The molecule has 0 bridgehead atoms. The number of aliphatic carboxylic acids is 1. The topological polar surface area (TPSA) is 154 Å². The van der Waals surface area contributed by atoms with Crippen LogP contribution in [0.25, 0.3) is 11.3 Å². The summed E-state index contributed by atoms with van der Waals surface area (Å²) in [5.74, 6) is -6.67. The van der Waals surface area contributed by atoms with E-state index in [2.05, 4.69) is 20.9 Å². The van der Waals surface area contributed by atoms with Gasteiger partial charge in [-0.1, -0.05) is 12.1 Å². The van der Waals surface area contributed by atoms with Crippen LogP contribution < -0.4 is 15.8 Å². The largest absolute Gasteiger partial charge is 0.480 e. The number of carbonyl (C=O) groups excluding carboxylic acids is 2. The molecule has 202 valence electrons. The second-order valence-electron chi connectivity index (χ2n) is 7.30. The first kappa shape index (κ1) is 28.4. The molecule has 1 aromatic heterocycles. The van der Waals surface area contributed by atoms with Gasteiger partial charge < -0.3 is 30.0 Å². The van der Waals surface area contributed by atoms with Crippen LogP contribution in [0, 0.1) is 11.6 Å². The fourth-order valence-corrected chi connectivity index (χ4v) is 3.44. The van der Waals surface area contributed by atoms with Gasteiger partial charge in [-0.2, -0.15) is 13.2 Å². The number of hydrogen-bond acceptors (Lipinski definition) is 7. The standard InChI is InChI=1S/C22H15BrF5N3O7/c23-18-17(9-1-3-10(4-2-9)22(26,27)28)31-20(38-18)13(8-36-21(35)30-7-14(32)33)37-12-6-5-11(24)15(16(12)25)19(29)34/h1-6,13H,7-8H2,(H2,29,34)(H,30,35)(H,32,33). The molecule has 0 saturated heterocycles. The lowest BCUT2D eigenvalue weighted by Gasteiger charge is -2.17. The normalized spacial score (nSPS) is 12.1. The van der Waals surface area contributed by atoms with E-state index in [0.717, 1.165) is 30.3 Å². The van der Waals surface area contributed by atoms with Crippen molar-refractivity contribution in [1.82, 2.24) is 10.3 Å². The molecule has 0 radical (unpaired) electrons. The van der Waals surface area contributed by atoms with E-state index in [1.54, 1.807) is 0 Å². The Balaban J connectivity index is 1.95. The number of carbonyl (C=O) groups is 3. The molecule has 16 heteroatoms. The lowest BCUT2D eigenvalue weighted by molar-refractivity contribution is -0.138. The number of amides is 2. The van der Waals surface area contributed by atoms with Gasteiger partial charge in [0.15, 0.2) is 16.2 Å². The van der Waals surface area contributed by atoms with Crippen molar-refractivity contribution in [3.05, 3.63) is 69.7 Å². The van der Waals surface area contributed by atoms with E-state index in [1.807, 2.05) is 5.32 Å². The Kier molecular flexibility index (Phi) is 8.55. The van der Waals surface area contributed by atoms with Gasteiger partial charge in [-0.3, -0.25) is 9.59 Å². The Morgan fingerprint density at radius 3 is 2.37 bits per heavy atom. The fraction of sp³-hybridized carbons (Fsp3) is 0.182. The highest BCUT2D eigenvalue weighted by atomic mass is 79.9. The van der Waals surface area contributed by atoms with E-state index in [-0.39, 0.29) is 21.8 Å². The summed E-state index contributed by atoms with van der Waals surface area (Å²) in [4.78, 5) is 38.0. The van der Waals surface area contributed by atoms with Crippen molar-refractivity contribution in [3.63, 3.8) is 0 Å². The molecule has 0 aliphatic carbocycles. The van der Waals surface area contributed by atoms with Gasteiger partial charge in [-0.05, 0) is 40.2 Å². The summed E-state index contributed by atoms with van der Waals surface area (Å²) < 4.78 is 82.9. The monoisotopic (exact) mass is 607 g/mol. The predicted octanol–water partition coefficient (Wildman–Crippen LogP) is 4.43. The molecule has 0 fully saturated rings. The molecule has 4 N–H and O–H groups in total. The number of nitrogens with zero attached hydrogens (tertiary/aromatic N) is 1. The third kappa shape index (κ3) is 6.76. The molecule has 1 heterocycles. The number of primary amides is 1. The molecule has 1 atom stereocenters. The van der Waals surface area contributed by atoms with Crippen LogP contribution in [0.15, 0.2) is 45.5 Å². The van der Waals surface area contributed by atoms with Crippen molar-refractivity contribution in [2.75, 3.05) is 13.2 Å². The van der Waals surface area contributed by atoms with Crippen LogP contribution in [0.5, 0.6) is 5.75 Å². The number of nitrogens with one attached hydrogen (secondary N) is 1. The second-order valence-corrected chi connectivity index (χ2v) is 8.02. The third-order valence-corrected chi connectivity index (χ3v) is 5.22. The number of aromatic nitrogens is 1. The maximum Gasteiger partial charge on any atom is 0.416 e. The Morgan fingerprint density at radius 1 is 1.13 bits per heavy atom. The Labute approximate surface area is 217 Å². The molecule has 3 rings (SSSR count). The van der Waals surface area contributed by atoms with Gasteiger partial charge in [0.2, 0.25) is 12.0 Å². The minimum absolute atomic E-state index is 0.00458. The van der Waals surface area contributed by atoms with Crippen molar-refractivity contribution >= 4 is 33.9 Å². The molecule has 0 aliphatic rings. The number of halogens is 6. The van der Waals surface area contributed by atoms with Gasteiger partial charge in [-0.25, -0.2) is 18.6 Å². The van der Waals surface area contributed by atoms with Gasteiger partial charge in [0, 0.05) is 5.56 Å². The number of ether oxygens (including phenoxy) is 2. The quantitative estimate of drug-likeness (QED) is 0.302. The predicted molar refractivity (Wildman–Crippen MR) is 120 cm³/mol. The van der Waals surface area contributed by atoms with Crippen LogP contribution in [0.3, 0.4) is 0 Å². The molecule has 38 heavy (non-hydrogen) atoms. The molecule has 0 saturated carbocycles. The van der Waals surface area contributed by atoms with E-state index in [1.165, 1.54) is 0 Å². The molecule has 2 amide bonds. The lowest BCUT2D eigenvalue weighted by Crippen LogP contribution is -2.31. The average Bonchev–Trinajstić information content (AvgIpc) is 3.22. The summed E-state index contributed by atoms with van der Waals surface area (Å²) in [5, 5.41) is 10.5. The van der Waals surface area contributed by atoms with Gasteiger partial charge in [0.25, 0.3) is 5.91 Å². The van der Waals surface area contributed by atoms with Gasteiger partial charge in [0.05, 0.1) is 5.56 Å². The number of hydrogen-bond donors (Lipinski definition) is 3. The number of alkyl carbamates (subject to hydrolysis) is 1. The molecule has 0 spiro atoms. The van der Waals surface area contributed by atoms with E-state index in [4.69, 9.17) is 24.7 Å². The van der Waals surface area contributed by atoms with Crippen LogP contribution in [0.1, 0.15) is 27.9 Å². The third-order valence-electron chi connectivity index (χ3n) is 4.68. The van der Waals surface area contributed by atoms with E-state index in [0.29, 0.717) is 6.07 Å². The summed E-state index contributed by atoms with van der Waals surface area (Å²) in [6, 6.07) is 5.33. The average molecular weight is 608 g/mol. The van der Waals surface area contributed by atoms with Crippen molar-refractivity contribution in [2.45, 2.75) is 12.3 Å². The van der Waals surface area contributed by atoms with E-state index in [9.17, 15) is 36.3 Å². The Morgan fingerprint density at radius 2 is 1.79 bits per heavy atom.